The molecule has 3 rings (SSSR count). The van der Waals surface area contributed by atoms with E-state index in [1.807, 2.05) is 19.1 Å². The second-order valence-electron chi connectivity index (χ2n) is 7.58. The van der Waals surface area contributed by atoms with Gasteiger partial charge in [0.15, 0.2) is 11.3 Å². The summed E-state index contributed by atoms with van der Waals surface area (Å²) in [7, 11) is 0. The van der Waals surface area contributed by atoms with Gasteiger partial charge < -0.3 is 5.32 Å². The maximum Gasteiger partial charge on any atom is 0.433 e. The summed E-state index contributed by atoms with van der Waals surface area (Å²) >= 11 is 0. The molecule has 0 atom stereocenters. The average molecular weight is 390 g/mol. The molecule has 8 heteroatoms. The Labute approximate surface area is 160 Å². The van der Waals surface area contributed by atoms with E-state index >= 15 is 0 Å². The predicted molar refractivity (Wildman–Crippen MR) is 100 cm³/mol. The summed E-state index contributed by atoms with van der Waals surface area (Å²) < 4.78 is 41.2. The third kappa shape index (κ3) is 4.00. The van der Waals surface area contributed by atoms with E-state index in [9.17, 15) is 18.0 Å². The molecule has 3 aromatic rings. The van der Waals surface area contributed by atoms with Gasteiger partial charge in [-0.2, -0.15) is 18.3 Å². The lowest BCUT2D eigenvalue weighted by molar-refractivity contribution is -0.142. The summed E-state index contributed by atoms with van der Waals surface area (Å²) in [5.41, 5.74) is 0.214. The van der Waals surface area contributed by atoms with Gasteiger partial charge in [0.25, 0.3) is 5.91 Å². The van der Waals surface area contributed by atoms with Crippen molar-refractivity contribution in [3.8, 4) is 0 Å². The second kappa shape index (κ2) is 6.92. The minimum Gasteiger partial charge on any atom is -0.321 e. The SMILES string of the molecule is CCc1ccc(NC(=O)c2cc3nc(C(C)(C)C)cc(C(F)(F)F)n3n2)cc1. The molecule has 0 bridgehead atoms. The zero-order valence-corrected chi connectivity index (χ0v) is 16.1. The summed E-state index contributed by atoms with van der Waals surface area (Å²) in [6, 6.07) is 9.47. The first-order valence-corrected chi connectivity index (χ1v) is 8.88. The van der Waals surface area contributed by atoms with Crippen LogP contribution >= 0.6 is 0 Å². The van der Waals surface area contributed by atoms with Crippen LogP contribution in [0.15, 0.2) is 36.4 Å². The molecule has 0 saturated heterocycles. The Morgan fingerprint density at radius 3 is 2.29 bits per heavy atom. The van der Waals surface area contributed by atoms with E-state index < -0.39 is 23.2 Å². The molecule has 0 radical (unpaired) electrons. The van der Waals surface area contributed by atoms with E-state index in [4.69, 9.17) is 0 Å². The van der Waals surface area contributed by atoms with E-state index in [1.54, 1.807) is 32.9 Å². The van der Waals surface area contributed by atoms with Crippen molar-refractivity contribution in [2.24, 2.45) is 0 Å². The lowest BCUT2D eigenvalue weighted by Gasteiger charge is -2.19. The Kier molecular flexibility index (Phi) is 4.91. The number of halogens is 3. The van der Waals surface area contributed by atoms with Crippen LogP contribution in [-0.2, 0) is 18.0 Å². The van der Waals surface area contributed by atoms with E-state index in [1.165, 1.54) is 6.07 Å². The first-order valence-electron chi connectivity index (χ1n) is 8.88. The summed E-state index contributed by atoms with van der Waals surface area (Å²) in [5.74, 6) is -0.597. The fourth-order valence-corrected chi connectivity index (χ4v) is 2.69. The van der Waals surface area contributed by atoms with Crippen molar-refractivity contribution < 1.29 is 18.0 Å². The quantitative estimate of drug-likeness (QED) is 0.695. The Bertz CT molecular complexity index is 1010. The fraction of sp³-hybridized carbons (Fsp3) is 0.350. The summed E-state index contributed by atoms with van der Waals surface area (Å²) in [4.78, 5) is 16.8. The molecule has 0 saturated carbocycles. The van der Waals surface area contributed by atoms with E-state index in [0.717, 1.165) is 18.1 Å². The zero-order valence-electron chi connectivity index (χ0n) is 16.1. The molecule has 1 aromatic carbocycles. The highest BCUT2D eigenvalue weighted by atomic mass is 19.4. The number of hydrogen-bond donors (Lipinski definition) is 1. The number of nitrogens with one attached hydrogen (secondary N) is 1. The molecule has 0 aliphatic carbocycles. The molecule has 2 aromatic heterocycles. The second-order valence-corrected chi connectivity index (χ2v) is 7.58. The van der Waals surface area contributed by atoms with Crippen molar-refractivity contribution in [1.82, 2.24) is 14.6 Å². The van der Waals surface area contributed by atoms with Gasteiger partial charge in [-0.3, -0.25) is 4.79 Å². The fourth-order valence-electron chi connectivity index (χ4n) is 2.69. The molecular formula is C20H21F3N4O. The van der Waals surface area contributed by atoms with Crippen LogP contribution in [0.3, 0.4) is 0 Å². The average Bonchev–Trinajstić information content (AvgIpc) is 3.04. The van der Waals surface area contributed by atoms with Crippen LogP contribution in [0.25, 0.3) is 5.65 Å². The number of benzene rings is 1. The highest BCUT2D eigenvalue weighted by Gasteiger charge is 2.36. The van der Waals surface area contributed by atoms with Crippen molar-refractivity contribution in [1.29, 1.82) is 0 Å². The Morgan fingerprint density at radius 1 is 1.11 bits per heavy atom. The number of alkyl halides is 3. The highest BCUT2D eigenvalue weighted by molar-refractivity contribution is 6.03. The standard InChI is InChI=1S/C20H21F3N4O/c1-5-12-6-8-13(9-7-12)24-18(28)14-10-17-25-15(19(2,3)4)11-16(20(21,22)23)27(17)26-14/h6-11H,5H2,1-4H3,(H,24,28). The van der Waals surface area contributed by atoms with Crippen LogP contribution in [0.4, 0.5) is 18.9 Å². The monoisotopic (exact) mass is 390 g/mol. The normalized spacial score (nSPS) is 12.4. The number of fused-ring (bicyclic) bond motifs is 1. The van der Waals surface area contributed by atoms with Gasteiger partial charge in [0.1, 0.15) is 5.69 Å². The molecule has 0 aliphatic heterocycles. The Morgan fingerprint density at radius 2 is 1.75 bits per heavy atom. The van der Waals surface area contributed by atoms with Crippen molar-refractivity contribution >= 4 is 17.2 Å². The van der Waals surface area contributed by atoms with Crippen LogP contribution < -0.4 is 5.32 Å². The largest absolute Gasteiger partial charge is 0.433 e. The molecule has 5 nitrogen and oxygen atoms in total. The van der Waals surface area contributed by atoms with Gasteiger partial charge in [-0.15, -0.1) is 0 Å². The van der Waals surface area contributed by atoms with Crippen LogP contribution in [0.5, 0.6) is 0 Å². The van der Waals surface area contributed by atoms with Gasteiger partial charge in [-0.25, -0.2) is 9.50 Å². The molecular weight excluding hydrogens is 369 g/mol. The number of carbonyl (C=O) groups is 1. The summed E-state index contributed by atoms with van der Waals surface area (Å²) in [6.45, 7) is 7.34. The molecule has 0 fully saturated rings. The lowest BCUT2D eigenvalue weighted by Crippen LogP contribution is -2.20. The van der Waals surface area contributed by atoms with Crippen molar-refractivity contribution in [2.75, 3.05) is 5.32 Å². The molecule has 2 heterocycles. The number of aromatic nitrogens is 3. The number of carbonyl (C=O) groups excluding carboxylic acids is 1. The molecule has 0 unspecified atom stereocenters. The molecule has 148 valence electrons. The predicted octanol–water partition coefficient (Wildman–Crippen LogP) is 4.86. The minimum absolute atomic E-state index is 0.0220. The smallest absolute Gasteiger partial charge is 0.321 e. The highest BCUT2D eigenvalue weighted by Crippen LogP contribution is 2.32. The zero-order chi connectivity index (χ0) is 20.7. The van der Waals surface area contributed by atoms with E-state index in [2.05, 4.69) is 15.4 Å². The van der Waals surface area contributed by atoms with Crippen LogP contribution in [0.1, 0.15) is 55.1 Å². The van der Waals surface area contributed by atoms with Gasteiger partial charge in [-0.05, 0) is 30.2 Å². The number of aryl methyl sites for hydroxylation is 1. The van der Waals surface area contributed by atoms with Gasteiger partial charge >= 0.3 is 6.18 Å². The van der Waals surface area contributed by atoms with Crippen molar-refractivity contribution in [3.05, 3.63) is 59.0 Å². The first kappa shape index (κ1) is 19.9. The molecule has 1 amide bonds. The number of amides is 1. The lowest BCUT2D eigenvalue weighted by atomic mass is 9.91. The third-order valence-corrected chi connectivity index (χ3v) is 4.34. The van der Waals surface area contributed by atoms with Gasteiger partial charge in [0, 0.05) is 17.2 Å². The maximum absolute atomic E-state index is 13.5. The maximum atomic E-state index is 13.5. The van der Waals surface area contributed by atoms with E-state index in [0.29, 0.717) is 10.2 Å². The van der Waals surface area contributed by atoms with Gasteiger partial charge in [-0.1, -0.05) is 39.8 Å². The Hall–Kier alpha value is -2.90. The number of hydrogen-bond acceptors (Lipinski definition) is 3. The molecule has 28 heavy (non-hydrogen) atoms. The number of rotatable bonds is 3. The van der Waals surface area contributed by atoms with Crippen LogP contribution in [-0.4, -0.2) is 20.5 Å². The third-order valence-electron chi connectivity index (χ3n) is 4.34. The topological polar surface area (TPSA) is 59.3 Å². The van der Waals surface area contributed by atoms with Crippen LogP contribution in [0, 0.1) is 0 Å². The Balaban J connectivity index is 2.01. The number of nitrogens with zero attached hydrogens (tertiary/aromatic N) is 3. The molecule has 0 spiro atoms. The van der Waals surface area contributed by atoms with E-state index in [-0.39, 0.29) is 17.0 Å². The molecule has 1 N–H and O–H groups in total. The minimum atomic E-state index is -4.63. The number of anilines is 1. The summed E-state index contributed by atoms with van der Waals surface area (Å²) in [5, 5.41) is 6.50. The first-order chi connectivity index (χ1) is 13.0. The van der Waals surface area contributed by atoms with Gasteiger partial charge in [0.05, 0.1) is 5.69 Å². The summed E-state index contributed by atoms with van der Waals surface area (Å²) in [6.07, 6.45) is -3.76. The van der Waals surface area contributed by atoms with Gasteiger partial charge in [0.2, 0.25) is 0 Å². The molecule has 0 aliphatic rings. The van der Waals surface area contributed by atoms with Crippen molar-refractivity contribution in [2.45, 2.75) is 45.7 Å². The van der Waals surface area contributed by atoms with Crippen LogP contribution in [0.2, 0.25) is 0 Å². The van der Waals surface area contributed by atoms with Crippen molar-refractivity contribution in [3.63, 3.8) is 0 Å².